The van der Waals surface area contributed by atoms with Crippen LogP contribution in [0.4, 0.5) is 0 Å². The zero-order chi connectivity index (χ0) is 20.0. The molecule has 152 valence electrons. The highest BCUT2D eigenvalue weighted by atomic mass is 35.5. The van der Waals surface area contributed by atoms with Crippen LogP contribution in [0.2, 0.25) is 5.02 Å². The topological polar surface area (TPSA) is 59.1 Å². The second-order valence-corrected chi connectivity index (χ2v) is 9.08. The molecule has 0 unspecified atom stereocenters. The average Bonchev–Trinajstić information content (AvgIpc) is 2.70. The van der Waals surface area contributed by atoms with E-state index in [1.165, 1.54) is 4.31 Å². The number of hydrogen-bond acceptors (Lipinski definition) is 5. The molecule has 6 nitrogen and oxygen atoms in total. The third kappa shape index (κ3) is 5.68. The molecule has 0 N–H and O–H groups in total. The van der Waals surface area contributed by atoms with Gasteiger partial charge in [0.05, 0.1) is 18.1 Å². The van der Waals surface area contributed by atoms with Crippen molar-refractivity contribution in [2.75, 3.05) is 46.5 Å². The third-order valence-corrected chi connectivity index (χ3v) is 6.66. The van der Waals surface area contributed by atoms with E-state index in [1.54, 1.807) is 30.3 Å². The summed E-state index contributed by atoms with van der Waals surface area (Å²) in [5.41, 5.74) is 0.948. The van der Waals surface area contributed by atoms with Crippen LogP contribution >= 0.6 is 11.6 Å². The predicted molar refractivity (Wildman–Crippen MR) is 109 cm³/mol. The second kappa shape index (κ2) is 9.71. The Balaban J connectivity index is 1.55. The maximum Gasteiger partial charge on any atom is 0.243 e. The Hall–Kier alpha value is -1.64. The van der Waals surface area contributed by atoms with Crippen molar-refractivity contribution in [2.24, 2.45) is 0 Å². The molecule has 1 aliphatic rings. The van der Waals surface area contributed by atoms with Crippen LogP contribution in [0.3, 0.4) is 0 Å². The van der Waals surface area contributed by atoms with Crippen LogP contribution in [0.25, 0.3) is 0 Å². The van der Waals surface area contributed by atoms with Crippen molar-refractivity contribution in [3.05, 3.63) is 59.1 Å². The average molecular weight is 425 g/mol. The highest BCUT2D eigenvalue weighted by molar-refractivity contribution is 7.89. The van der Waals surface area contributed by atoms with E-state index in [1.807, 2.05) is 25.2 Å². The van der Waals surface area contributed by atoms with Crippen LogP contribution in [0.5, 0.6) is 5.75 Å². The van der Waals surface area contributed by atoms with Crippen molar-refractivity contribution in [2.45, 2.75) is 11.4 Å². The molecular weight excluding hydrogens is 400 g/mol. The van der Waals surface area contributed by atoms with Gasteiger partial charge in [-0.15, -0.1) is 0 Å². The summed E-state index contributed by atoms with van der Waals surface area (Å²) in [4.78, 5) is 2.42. The lowest BCUT2D eigenvalue weighted by Crippen LogP contribution is -2.40. The summed E-state index contributed by atoms with van der Waals surface area (Å²) in [6.07, 6.45) is 0. The van der Waals surface area contributed by atoms with E-state index in [4.69, 9.17) is 21.1 Å². The van der Waals surface area contributed by atoms with Gasteiger partial charge in [0.1, 0.15) is 12.4 Å². The fourth-order valence-corrected chi connectivity index (χ4v) is 4.59. The predicted octanol–water partition coefficient (Wildman–Crippen LogP) is 2.87. The molecule has 0 aliphatic carbocycles. The fraction of sp³-hybridized carbons (Fsp3) is 0.400. The van der Waals surface area contributed by atoms with Crippen LogP contribution in [0.15, 0.2) is 53.4 Å². The van der Waals surface area contributed by atoms with Crippen LogP contribution < -0.4 is 4.74 Å². The van der Waals surface area contributed by atoms with Gasteiger partial charge < -0.3 is 9.47 Å². The molecule has 0 aromatic heterocycles. The summed E-state index contributed by atoms with van der Waals surface area (Å²) < 4.78 is 38.1. The van der Waals surface area contributed by atoms with Crippen molar-refractivity contribution in [1.29, 1.82) is 0 Å². The van der Waals surface area contributed by atoms with Crippen LogP contribution in [0, 0.1) is 0 Å². The molecule has 2 aromatic carbocycles. The molecule has 0 saturated carbocycles. The Bertz CT molecular complexity index is 868. The lowest BCUT2D eigenvalue weighted by Gasteiger charge is -2.26. The quantitative estimate of drug-likeness (QED) is 0.652. The number of hydrogen-bond donors (Lipinski definition) is 0. The van der Waals surface area contributed by atoms with Gasteiger partial charge in [0.15, 0.2) is 0 Å². The molecule has 0 spiro atoms. The van der Waals surface area contributed by atoms with Gasteiger partial charge in [-0.3, -0.25) is 4.90 Å². The summed E-state index contributed by atoms with van der Waals surface area (Å²) in [6.45, 7) is 3.55. The van der Waals surface area contributed by atoms with Crippen LogP contribution in [0.1, 0.15) is 5.56 Å². The van der Waals surface area contributed by atoms with Crippen molar-refractivity contribution < 1.29 is 17.9 Å². The van der Waals surface area contributed by atoms with Crippen LogP contribution in [-0.2, 0) is 21.3 Å². The van der Waals surface area contributed by atoms with E-state index in [-0.39, 0.29) is 0 Å². The summed E-state index contributed by atoms with van der Waals surface area (Å²) in [5, 5.41) is 0.677. The Labute approximate surface area is 171 Å². The van der Waals surface area contributed by atoms with E-state index in [0.717, 1.165) is 11.3 Å². The molecule has 1 heterocycles. The first-order valence-corrected chi connectivity index (χ1v) is 11.0. The molecule has 0 amide bonds. The highest BCUT2D eigenvalue weighted by Crippen LogP contribution is 2.19. The van der Waals surface area contributed by atoms with E-state index >= 15 is 0 Å². The van der Waals surface area contributed by atoms with Gasteiger partial charge in [-0.1, -0.05) is 23.7 Å². The fourth-order valence-electron chi connectivity index (χ4n) is 2.98. The van der Waals surface area contributed by atoms with Crippen molar-refractivity contribution >= 4 is 21.6 Å². The molecule has 28 heavy (non-hydrogen) atoms. The summed E-state index contributed by atoms with van der Waals surface area (Å²) in [5.74, 6) is 0.774. The SMILES string of the molecule is CN(CCOc1ccc(Cl)cc1)Cc1cccc(S(=O)(=O)N2CCOCC2)c1. The number of morpholine rings is 1. The number of rotatable bonds is 8. The third-order valence-electron chi connectivity index (χ3n) is 4.51. The molecular formula is C20H25ClN2O4S. The summed E-state index contributed by atoms with van der Waals surface area (Å²) >= 11 is 5.86. The first-order valence-electron chi connectivity index (χ1n) is 9.19. The molecule has 2 aromatic rings. The zero-order valence-electron chi connectivity index (χ0n) is 15.9. The molecule has 1 aliphatic heterocycles. The van der Waals surface area contributed by atoms with E-state index in [0.29, 0.717) is 55.9 Å². The summed E-state index contributed by atoms with van der Waals surface area (Å²) in [7, 11) is -1.50. The van der Waals surface area contributed by atoms with Gasteiger partial charge >= 0.3 is 0 Å². The summed E-state index contributed by atoms with van der Waals surface area (Å²) in [6, 6.07) is 14.4. The largest absolute Gasteiger partial charge is 0.492 e. The van der Waals surface area contributed by atoms with Gasteiger partial charge in [-0.2, -0.15) is 4.31 Å². The normalized spacial score (nSPS) is 15.7. The maximum absolute atomic E-state index is 12.8. The minimum Gasteiger partial charge on any atom is -0.492 e. The van der Waals surface area contributed by atoms with Crippen molar-refractivity contribution in [1.82, 2.24) is 9.21 Å². The minimum absolute atomic E-state index is 0.331. The smallest absolute Gasteiger partial charge is 0.243 e. The Kier molecular flexibility index (Phi) is 7.31. The van der Waals surface area contributed by atoms with Gasteiger partial charge in [0, 0.05) is 31.2 Å². The number of benzene rings is 2. The van der Waals surface area contributed by atoms with E-state index in [9.17, 15) is 8.42 Å². The Morgan fingerprint density at radius 1 is 1.14 bits per heavy atom. The van der Waals surface area contributed by atoms with Gasteiger partial charge in [0.2, 0.25) is 10.0 Å². The first kappa shape index (κ1) is 21.1. The van der Waals surface area contributed by atoms with Crippen molar-refractivity contribution in [3.63, 3.8) is 0 Å². The minimum atomic E-state index is -3.48. The van der Waals surface area contributed by atoms with E-state index in [2.05, 4.69) is 4.90 Å². The van der Waals surface area contributed by atoms with E-state index < -0.39 is 10.0 Å². The Morgan fingerprint density at radius 2 is 1.86 bits per heavy atom. The first-order chi connectivity index (χ1) is 13.4. The highest BCUT2D eigenvalue weighted by Gasteiger charge is 2.26. The van der Waals surface area contributed by atoms with Gasteiger partial charge in [0.25, 0.3) is 0 Å². The van der Waals surface area contributed by atoms with Crippen molar-refractivity contribution in [3.8, 4) is 5.75 Å². The molecule has 0 radical (unpaired) electrons. The standard InChI is InChI=1S/C20H25ClN2O4S/c1-22(9-14-27-19-7-5-18(21)6-8-19)16-17-3-2-4-20(15-17)28(24,25)23-10-12-26-13-11-23/h2-8,15H,9-14,16H2,1H3. The maximum atomic E-state index is 12.8. The monoisotopic (exact) mass is 424 g/mol. The molecule has 0 bridgehead atoms. The number of sulfonamides is 1. The number of likely N-dealkylation sites (N-methyl/N-ethyl adjacent to an activating group) is 1. The molecule has 0 atom stereocenters. The number of nitrogens with zero attached hydrogens (tertiary/aromatic N) is 2. The molecule has 1 saturated heterocycles. The van der Waals surface area contributed by atoms with Crippen LogP contribution in [-0.4, -0.2) is 64.1 Å². The zero-order valence-corrected chi connectivity index (χ0v) is 17.5. The molecule has 8 heteroatoms. The molecule has 1 fully saturated rings. The second-order valence-electron chi connectivity index (χ2n) is 6.70. The number of ether oxygens (including phenoxy) is 2. The van der Waals surface area contributed by atoms with Gasteiger partial charge in [-0.25, -0.2) is 8.42 Å². The lowest BCUT2D eigenvalue weighted by molar-refractivity contribution is 0.0730. The van der Waals surface area contributed by atoms with Gasteiger partial charge in [-0.05, 0) is 49.0 Å². The Morgan fingerprint density at radius 3 is 2.57 bits per heavy atom. The number of halogens is 1. The lowest BCUT2D eigenvalue weighted by atomic mass is 10.2. The molecule has 3 rings (SSSR count).